The Labute approximate surface area is 141 Å². The fourth-order valence-electron chi connectivity index (χ4n) is 2.78. The van der Waals surface area contributed by atoms with Gasteiger partial charge in [-0.05, 0) is 49.8 Å². The molecule has 0 bridgehead atoms. The lowest BCUT2D eigenvalue weighted by atomic mass is 10.0. The van der Waals surface area contributed by atoms with Gasteiger partial charge in [-0.15, -0.1) is 35.1 Å². The SMILES string of the molecule is Cc1cc(C)c(N(CC2SCCCS2)C(=O)CCl)c(C)c1. The highest BCUT2D eigenvalue weighted by molar-refractivity contribution is 8.17. The Morgan fingerprint density at radius 1 is 1.24 bits per heavy atom. The molecule has 1 amide bonds. The molecule has 1 aliphatic heterocycles. The first kappa shape index (κ1) is 17.0. The number of aryl methyl sites for hydroxylation is 3. The molecule has 2 rings (SSSR count). The molecule has 0 unspecified atom stereocenters. The van der Waals surface area contributed by atoms with E-state index in [0.29, 0.717) is 4.58 Å². The Morgan fingerprint density at radius 3 is 2.33 bits per heavy atom. The molecule has 116 valence electrons. The summed E-state index contributed by atoms with van der Waals surface area (Å²) in [4.78, 5) is 14.2. The number of hydrogen-bond acceptors (Lipinski definition) is 3. The van der Waals surface area contributed by atoms with Crippen LogP contribution >= 0.6 is 35.1 Å². The lowest BCUT2D eigenvalue weighted by Gasteiger charge is -2.31. The molecule has 0 spiro atoms. The van der Waals surface area contributed by atoms with E-state index in [1.54, 1.807) is 0 Å². The Balaban J connectivity index is 2.29. The van der Waals surface area contributed by atoms with Crippen LogP contribution in [0.25, 0.3) is 0 Å². The van der Waals surface area contributed by atoms with Crippen LogP contribution in [-0.4, -0.2) is 34.4 Å². The van der Waals surface area contributed by atoms with Crippen LogP contribution in [0, 0.1) is 20.8 Å². The van der Waals surface area contributed by atoms with E-state index < -0.39 is 0 Å². The second-order valence-electron chi connectivity index (χ2n) is 5.41. The molecule has 2 nitrogen and oxygen atoms in total. The van der Waals surface area contributed by atoms with E-state index in [0.717, 1.165) is 23.4 Å². The number of anilines is 1. The van der Waals surface area contributed by atoms with Crippen LogP contribution in [0.3, 0.4) is 0 Å². The van der Waals surface area contributed by atoms with Crippen LogP contribution in [-0.2, 0) is 4.79 Å². The summed E-state index contributed by atoms with van der Waals surface area (Å²) in [6.45, 7) is 6.98. The van der Waals surface area contributed by atoms with E-state index in [4.69, 9.17) is 11.6 Å². The van der Waals surface area contributed by atoms with Gasteiger partial charge in [0.2, 0.25) is 5.91 Å². The molecule has 1 aliphatic rings. The Morgan fingerprint density at radius 2 is 1.81 bits per heavy atom. The summed E-state index contributed by atoms with van der Waals surface area (Å²) >= 11 is 9.76. The molecule has 0 aromatic heterocycles. The van der Waals surface area contributed by atoms with Crippen molar-refractivity contribution in [2.75, 3.05) is 28.8 Å². The van der Waals surface area contributed by atoms with Crippen LogP contribution in [0.1, 0.15) is 23.1 Å². The smallest absolute Gasteiger partial charge is 0.241 e. The van der Waals surface area contributed by atoms with Gasteiger partial charge in [-0.3, -0.25) is 4.79 Å². The van der Waals surface area contributed by atoms with E-state index >= 15 is 0 Å². The third kappa shape index (κ3) is 4.33. The summed E-state index contributed by atoms with van der Waals surface area (Å²) in [6, 6.07) is 4.27. The minimum absolute atomic E-state index is 0.00140. The summed E-state index contributed by atoms with van der Waals surface area (Å²) in [6.07, 6.45) is 1.26. The summed E-state index contributed by atoms with van der Waals surface area (Å²) in [5, 5.41) is 0. The number of alkyl halides is 1. The Bertz CT molecular complexity index is 492. The van der Waals surface area contributed by atoms with Crippen molar-refractivity contribution in [3.63, 3.8) is 0 Å². The normalized spacial score (nSPS) is 16.0. The molecule has 1 fully saturated rings. The topological polar surface area (TPSA) is 20.3 Å². The Hall–Kier alpha value is -0.320. The molecule has 0 N–H and O–H groups in total. The number of amides is 1. The van der Waals surface area contributed by atoms with E-state index in [1.165, 1.54) is 23.5 Å². The molecule has 1 saturated heterocycles. The third-order valence-electron chi connectivity index (χ3n) is 3.55. The second-order valence-corrected chi connectivity index (χ2v) is 8.60. The van der Waals surface area contributed by atoms with E-state index in [2.05, 4.69) is 32.9 Å². The number of halogens is 1. The first-order valence-corrected chi connectivity index (χ1v) is 9.83. The van der Waals surface area contributed by atoms with Gasteiger partial charge in [0.05, 0.1) is 4.58 Å². The lowest BCUT2D eigenvalue weighted by Crippen LogP contribution is -2.38. The van der Waals surface area contributed by atoms with Crippen LogP contribution in [0.15, 0.2) is 12.1 Å². The number of carbonyl (C=O) groups is 1. The van der Waals surface area contributed by atoms with Crippen molar-refractivity contribution in [1.82, 2.24) is 0 Å². The van der Waals surface area contributed by atoms with Gasteiger partial charge in [-0.25, -0.2) is 0 Å². The van der Waals surface area contributed by atoms with Crippen molar-refractivity contribution < 1.29 is 4.79 Å². The highest BCUT2D eigenvalue weighted by Gasteiger charge is 2.24. The van der Waals surface area contributed by atoms with Gasteiger partial charge in [-0.2, -0.15) is 0 Å². The number of hydrogen-bond donors (Lipinski definition) is 0. The lowest BCUT2D eigenvalue weighted by molar-refractivity contribution is -0.116. The average molecular weight is 344 g/mol. The van der Waals surface area contributed by atoms with Gasteiger partial charge in [0.25, 0.3) is 0 Å². The molecule has 21 heavy (non-hydrogen) atoms. The van der Waals surface area contributed by atoms with E-state index in [9.17, 15) is 4.79 Å². The number of benzene rings is 1. The molecule has 1 aromatic carbocycles. The predicted molar refractivity (Wildman–Crippen MR) is 97.0 cm³/mol. The highest BCUT2D eigenvalue weighted by atomic mass is 35.5. The third-order valence-corrected chi connectivity index (χ3v) is 6.68. The quantitative estimate of drug-likeness (QED) is 0.757. The predicted octanol–water partition coefficient (Wildman–Crippen LogP) is 4.38. The van der Waals surface area contributed by atoms with Gasteiger partial charge in [0.1, 0.15) is 5.88 Å². The summed E-state index contributed by atoms with van der Waals surface area (Å²) < 4.78 is 0.450. The zero-order valence-electron chi connectivity index (χ0n) is 12.8. The van der Waals surface area contributed by atoms with E-state index in [-0.39, 0.29) is 11.8 Å². The maximum absolute atomic E-state index is 12.4. The zero-order valence-corrected chi connectivity index (χ0v) is 15.2. The number of rotatable bonds is 4. The van der Waals surface area contributed by atoms with Crippen molar-refractivity contribution in [1.29, 1.82) is 0 Å². The standard InChI is InChI=1S/C16H22ClNOS2/c1-11-7-12(2)16(13(3)8-11)18(14(19)9-17)10-15-20-5-4-6-21-15/h7-8,15H,4-6,9-10H2,1-3H3. The first-order valence-electron chi connectivity index (χ1n) is 7.20. The van der Waals surface area contributed by atoms with Gasteiger partial charge in [0.15, 0.2) is 0 Å². The van der Waals surface area contributed by atoms with Gasteiger partial charge < -0.3 is 4.90 Å². The molecule has 0 atom stereocenters. The number of thioether (sulfide) groups is 2. The fraction of sp³-hybridized carbons (Fsp3) is 0.562. The molecule has 0 saturated carbocycles. The molecule has 1 aromatic rings. The van der Waals surface area contributed by atoms with Crippen LogP contribution < -0.4 is 4.90 Å². The second kappa shape index (κ2) is 7.80. The van der Waals surface area contributed by atoms with E-state index in [1.807, 2.05) is 28.4 Å². The van der Waals surface area contributed by atoms with Crippen LogP contribution in [0.5, 0.6) is 0 Å². The molecule has 0 aliphatic carbocycles. The summed E-state index contributed by atoms with van der Waals surface area (Å²) in [5.41, 5.74) is 4.57. The van der Waals surface area contributed by atoms with Gasteiger partial charge in [-0.1, -0.05) is 17.7 Å². The average Bonchev–Trinajstić information content (AvgIpc) is 2.45. The van der Waals surface area contributed by atoms with Crippen molar-refractivity contribution in [2.45, 2.75) is 31.8 Å². The van der Waals surface area contributed by atoms with Crippen molar-refractivity contribution in [2.24, 2.45) is 0 Å². The Kier molecular flexibility index (Phi) is 6.33. The maximum atomic E-state index is 12.4. The number of nitrogens with zero attached hydrogens (tertiary/aromatic N) is 1. The highest BCUT2D eigenvalue weighted by Crippen LogP contribution is 2.34. The van der Waals surface area contributed by atoms with Crippen LogP contribution in [0.2, 0.25) is 0 Å². The molecule has 5 heteroatoms. The van der Waals surface area contributed by atoms with Crippen molar-refractivity contribution in [3.05, 3.63) is 28.8 Å². The van der Waals surface area contributed by atoms with Crippen LogP contribution in [0.4, 0.5) is 5.69 Å². The fourth-order valence-corrected chi connectivity index (χ4v) is 5.73. The van der Waals surface area contributed by atoms with Gasteiger partial charge >= 0.3 is 0 Å². The zero-order chi connectivity index (χ0) is 15.4. The molecular formula is C16H22ClNOS2. The largest absolute Gasteiger partial charge is 0.309 e. The van der Waals surface area contributed by atoms with Gasteiger partial charge in [0, 0.05) is 12.2 Å². The maximum Gasteiger partial charge on any atom is 0.241 e. The molecular weight excluding hydrogens is 322 g/mol. The first-order chi connectivity index (χ1) is 10.0. The minimum atomic E-state index is -0.00140. The molecule has 1 heterocycles. The van der Waals surface area contributed by atoms with Crippen molar-refractivity contribution in [3.8, 4) is 0 Å². The molecule has 0 radical (unpaired) electrons. The van der Waals surface area contributed by atoms with Crippen molar-refractivity contribution >= 4 is 46.7 Å². The summed E-state index contributed by atoms with van der Waals surface area (Å²) in [7, 11) is 0. The summed E-state index contributed by atoms with van der Waals surface area (Å²) in [5.74, 6) is 2.41. The number of carbonyl (C=O) groups excluding carboxylic acids is 1. The monoisotopic (exact) mass is 343 g/mol. The minimum Gasteiger partial charge on any atom is -0.309 e.